The standard InChI is InChI=1S/C21H24N4O/c1-2-6-17(7-3-1)15-25-16-19(13-23-14-20-9-5-11-26-20)21(24-25)18-8-4-10-22-12-18/h1-4,6-8,10,12,16,20,23H,5,9,11,13-15H2. The van der Waals surface area contributed by atoms with Crippen LogP contribution in [-0.4, -0.2) is 34.0 Å². The number of ether oxygens (including phenoxy) is 1. The zero-order valence-corrected chi connectivity index (χ0v) is 14.8. The minimum atomic E-state index is 0.344. The summed E-state index contributed by atoms with van der Waals surface area (Å²) in [5.74, 6) is 0. The van der Waals surface area contributed by atoms with Crippen molar-refractivity contribution in [1.82, 2.24) is 20.1 Å². The SMILES string of the molecule is c1ccc(Cn2cc(CNCC3CCCO3)c(-c3cccnc3)n2)cc1. The van der Waals surface area contributed by atoms with Gasteiger partial charge < -0.3 is 10.1 Å². The average molecular weight is 348 g/mol. The van der Waals surface area contributed by atoms with Crippen molar-refractivity contribution in [1.29, 1.82) is 0 Å². The van der Waals surface area contributed by atoms with E-state index < -0.39 is 0 Å². The Labute approximate surface area is 154 Å². The van der Waals surface area contributed by atoms with Crippen LogP contribution in [0.2, 0.25) is 0 Å². The van der Waals surface area contributed by atoms with Crippen LogP contribution in [-0.2, 0) is 17.8 Å². The largest absolute Gasteiger partial charge is 0.377 e. The maximum atomic E-state index is 5.70. The molecule has 0 saturated carbocycles. The lowest BCUT2D eigenvalue weighted by Crippen LogP contribution is -2.25. The summed E-state index contributed by atoms with van der Waals surface area (Å²) in [6.45, 7) is 3.32. The van der Waals surface area contributed by atoms with Gasteiger partial charge in [-0.3, -0.25) is 9.67 Å². The fourth-order valence-electron chi connectivity index (χ4n) is 3.36. The molecule has 4 rings (SSSR count). The Morgan fingerprint density at radius 3 is 2.85 bits per heavy atom. The molecule has 3 heterocycles. The second-order valence-corrected chi connectivity index (χ2v) is 6.69. The van der Waals surface area contributed by atoms with Crippen molar-refractivity contribution < 1.29 is 4.74 Å². The van der Waals surface area contributed by atoms with Gasteiger partial charge in [0.1, 0.15) is 0 Å². The van der Waals surface area contributed by atoms with Crippen molar-refractivity contribution >= 4 is 0 Å². The highest BCUT2D eigenvalue weighted by Gasteiger charge is 2.16. The smallest absolute Gasteiger partial charge is 0.0983 e. The van der Waals surface area contributed by atoms with E-state index in [1.807, 2.05) is 23.0 Å². The second-order valence-electron chi connectivity index (χ2n) is 6.69. The molecule has 134 valence electrons. The number of nitrogens with one attached hydrogen (secondary N) is 1. The van der Waals surface area contributed by atoms with E-state index in [2.05, 4.69) is 46.8 Å². The monoisotopic (exact) mass is 348 g/mol. The van der Waals surface area contributed by atoms with Crippen LogP contribution < -0.4 is 5.32 Å². The highest BCUT2D eigenvalue weighted by molar-refractivity contribution is 5.61. The molecule has 1 atom stereocenters. The van der Waals surface area contributed by atoms with Gasteiger partial charge in [0.2, 0.25) is 0 Å². The molecule has 0 bridgehead atoms. The molecule has 5 heteroatoms. The second kappa shape index (κ2) is 8.25. The van der Waals surface area contributed by atoms with Crippen LogP contribution in [0.25, 0.3) is 11.3 Å². The maximum absolute atomic E-state index is 5.70. The third-order valence-corrected chi connectivity index (χ3v) is 4.67. The molecule has 1 saturated heterocycles. The highest BCUT2D eigenvalue weighted by atomic mass is 16.5. The summed E-state index contributed by atoms with van der Waals surface area (Å²) in [5.41, 5.74) is 4.47. The minimum Gasteiger partial charge on any atom is -0.377 e. The van der Waals surface area contributed by atoms with Gasteiger partial charge in [-0.2, -0.15) is 5.10 Å². The summed E-state index contributed by atoms with van der Waals surface area (Å²) in [7, 11) is 0. The Kier molecular flexibility index (Phi) is 5.38. The lowest BCUT2D eigenvalue weighted by molar-refractivity contribution is 0.110. The average Bonchev–Trinajstić information content (AvgIpc) is 3.34. The Morgan fingerprint density at radius 2 is 2.08 bits per heavy atom. The normalized spacial score (nSPS) is 16.8. The van der Waals surface area contributed by atoms with Crippen molar-refractivity contribution in [3.05, 3.63) is 72.2 Å². The van der Waals surface area contributed by atoms with Gasteiger partial charge in [-0.25, -0.2) is 0 Å². The van der Waals surface area contributed by atoms with Crippen molar-refractivity contribution in [2.24, 2.45) is 0 Å². The zero-order chi connectivity index (χ0) is 17.6. The topological polar surface area (TPSA) is 52.0 Å². The number of hydrogen-bond donors (Lipinski definition) is 1. The lowest BCUT2D eigenvalue weighted by atomic mass is 10.1. The van der Waals surface area contributed by atoms with Crippen LogP contribution in [0, 0.1) is 0 Å². The number of benzene rings is 1. The van der Waals surface area contributed by atoms with Crippen LogP contribution in [0.1, 0.15) is 24.0 Å². The minimum absolute atomic E-state index is 0.344. The van der Waals surface area contributed by atoms with Crippen LogP contribution >= 0.6 is 0 Å². The number of hydrogen-bond acceptors (Lipinski definition) is 4. The van der Waals surface area contributed by atoms with E-state index in [1.165, 1.54) is 17.5 Å². The zero-order valence-electron chi connectivity index (χ0n) is 14.8. The van der Waals surface area contributed by atoms with Crippen molar-refractivity contribution in [3.63, 3.8) is 0 Å². The van der Waals surface area contributed by atoms with Gasteiger partial charge in [0.05, 0.1) is 18.3 Å². The molecule has 5 nitrogen and oxygen atoms in total. The predicted octanol–water partition coefficient (Wildman–Crippen LogP) is 3.26. The van der Waals surface area contributed by atoms with Gasteiger partial charge >= 0.3 is 0 Å². The van der Waals surface area contributed by atoms with Crippen molar-refractivity contribution in [2.45, 2.75) is 32.0 Å². The van der Waals surface area contributed by atoms with E-state index in [9.17, 15) is 0 Å². The molecule has 1 unspecified atom stereocenters. The molecule has 0 radical (unpaired) electrons. The summed E-state index contributed by atoms with van der Waals surface area (Å²) in [6.07, 6.45) is 8.46. The van der Waals surface area contributed by atoms with Gasteiger partial charge in [0.15, 0.2) is 0 Å². The molecule has 1 fully saturated rings. The predicted molar refractivity (Wildman–Crippen MR) is 102 cm³/mol. The van der Waals surface area contributed by atoms with E-state index >= 15 is 0 Å². The molecule has 0 aliphatic carbocycles. The molecule has 1 aliphatic rings. The van der Waals surface area contributed by atoms with Crippen LogP contribution in [0.15, 0.2) is 61.1 Å². The number of pyridine rings is 1. The fraction of sp³-hybridized carbons (Fsp3) is 0.333. The highest BCUT2D eigenvalue weighted by Crippen LogP contribution is 2.22. The summed E-state index contributed by atoms with van der Waals surface area (Å²) < 4.78 is 7.71. The first kappa shape index (κ1) is 16.9. The van der Waals surface area contributed by atoms with E-state index in [0.717, 1.165) is 43.9 Å². The molecule has 3 aromatic rings. The van der Waals surface area contributed by atoms with Gasteiger partial charge in [0, 0.05) is 49.4 Å². The maximum Gasteiger partial charge on any atom is 0.0983 e. The summed E-state index contributed by atoms with van der Waals surface area (Å²) in [6, 6.07) is 14.4. The molecular weight excluding hydrogens is 324 g/mol. The number of rotatable bonds is 7. The molecule has 0 spiro atoms. The molecule has 1 aromatic carbocycles. The summed E-state index contributed by atoms with van der Waals surface area (Å²) in [4.78, 5) is 4.25. The fourth-order valence-corrected chi connectivity index (χ4v) is 3.36. The quantitative estimate of drug-likeness (QED) is 0.712. The lowest BCUT2D eigenvalue weighted by Gasteiger charge is -2.10. The van der Waals surface area contributed by atoms with Crippen LogP contribution in [0.5, 0.6) is 0 Å². The third kappa shape index (κ3) is 4.18. The molecule has 26 heavy (non-hydrogen) atoms. The number of nitrogens with zero attached hydrogens (tertiary/aromatic N) is 3. The first-order valence-electron chi connectivity index (χ1n) is 9.21. The van der Waals surface area contributed by atoms with Crippen LogP contribution in [0.3, 0.4) is 0 Å². The first-order chi connectivity index (χ1) is 12.9. The van der Waals surface area contributed by atoms with Gasteiger partial charge in [0.25, 0.3) is 0 Å². The molecule has 2 aromatic heterocycles. The van der Waals surface area contributed by atoms with Gasteiger partial charge in [-0.05, 0) is 30.5 Å². The first-order valence-corrected chi connectivity index (χ1v) is 9.21. The van der Waals surface area contributed by atoms with E-state index in [0.29, 0.717) is 6.10 Å². The summed E-state index contributed by atoms with van der Waals surface area (Å²) in [5, 5.41) is 8.36. The van der Waals surface area contributed by atoms with E-state index in [4.69, 9.17) is 9.84 Å². The number of aromatic nitrogens is 3. The van der Waals surface area contributed by atoms with Crippen LogP contribution in [0.4, 0.5) is 0 Å². The Morgan fingerprint density at radius 1 is 1.15 bits per heavy atom. The van der Waals surface area contributed by atoms with Gasteiger partial charge in [-0.1, -0.05) is 30.3 Å². The van der Waals surface area contributed by atoms with Gasteiger partial charge in [-0.15, -0.1) is 0 Å². The Hall–Kier alpha value is -2.50. The molecule has 1 aliphatic heterocycles. The Bertz CT molecular complexity index is 811. The summed E-state index contributed by atoms with van der Waals surface area (Å²) >= 11 is 0. The van der Waals surface area contributed by atoms with Crippen molar-refractivity contribution in [2.75, 3.05) is 13.2 Å². The molecule has 1 N–H and O–H groups in total. The Balaban J connectivity index is 1.52. The molecular formula is C21H24N4O. The third-order valence-electron chi connectivity index (χ3n) is 4.67. The van der Waals surface area contributed by atoms with Crippen molar-refractivity contribution in [3.8, 4) is 11.3 Å². The van der Waals surface area contributed by atoms with E-state index in [1.54, 1.807) is 6.20 Å². The van der Waals surface area contributed by atoms with E-state index in [-0.39, 0.29) is 0 Å². The molecule has 0 amide bonds.